The quantitative estimate of drug-likeness (QED) is 0.665. The van der Waals surface area contributed by atoms with E-state index in [0.717, 1.165) is 31.7 Å². The largest absolute Gasteiger partial charge is 0.382 e. The minimum absolute atomic E-state index is 0.703. The Kier molecular flexibility index (Phi) is 5.03. The summed E-state index contributed by atoms with van der Waals surface area (Å²) in [5, 5.41) is 3.59. The van der Waals surface area contributed by atoms with Gasteiger partial charge in [-0.1, -0.05) is 0 Å². The molecule has 0 bridgehead atoms. The molecule has 0 radical (unpaired) electrons. The summed E-state index contributed by atoms with van der Waals surface area (Å²) in [6.07, 6.45) is 2.66. The summed E-state index contributed by atoms with van der Waals surface area (Å²) in [5.74, 6) is 0.882. The van der Waals surface area contributed by atoms with E-state index < -0.39 is 0 Å². The molecule has 4 heteroatoms. The number of ether oxygens (including phenoxy) is 2. The summed E-state index contributed by atoms with van der Waals surface area (Å²) >= 11 is 0. The van der Waals surface area contributed by atoms with E-state index in [1.54, 1.807) is 7.11 Å². The molecule has 2 aliphatic rings. The summed E-state index contributed by atoms with van der Waals surface area (Å²) < 4.78 is 10.4. The van der Waals surface area contributed by atoms with Gasteiger partial charge in [0.1, 0.15) is 0 Å². The van der Waals surface area contributed by atoms with Crippen LogP contribution in [0.15, 0.2) is 0 Å². The van der Waals surface area contributed by atoms with E-state index in [1.807, 2.05) is 0 Å². The predicted octanol–water partition coefficient (Wildman–Crippen LogP) is 0.333. The predicted molar refractivity (Wildman–Crippen MR) is 63.6 cm³/mol. The van der Waals surface area contributed by atoms with Gasteiger partial charge in [0.05, 0.1) is 19.8 Å². The number of hydrogen-bond donors (Lipinski definition) is 1. The molecule has 0 amide bonds. The molecule has 0 aliphatic carbocycles. The van der Waals surface area contributed by atoms with Crippen molar-refractivity contribution in [2.45, 2.75) is 18.9 Å². The van der Waals surface area contributed by atoms with Crippen LogP contribution in [0.3, 0.4) is 0 Å². The summed E-state index contributed by atoms with van der Waals surface area (Å²) in [6.45, 7) is 7.04. The van der Waals surface area contributed by atoms with Crippen molar-refractivity contribution in [3.63, 3.8) is 0 Å². The van der Waals surface area contributed by atoms with Crippen LogP contribution >= 0.6 is 0 Å². The Bertz CT molecular complexity index is 201. The molecule has 0 aromatic heterocycles. The zero-order chi connectivity index (χ0) is 11.2. The number of nitrogens with one attached hydrogen (secondary N) is 1. The van der Waals surface area contributed by atoms with Gasteiger partial charge in [0.15, 0.2) is 0 Å². The summed E-state index contributed by atoms with van der Waals surface area (Å²) in [6, 6.07) is 0.797. The fourth-order valence-corrected chi connectivity index (χ4v) is 2.76. The molecule has 2 heterocycles. The van der Waals surface area contributed by atoms with E-state index in [4.69, 9.17) is 9.47 Å². The lowest BCUT2D eigenvalue weighted by molar-refractivity contribution is 0.0482. The SMILES string of the molecule is COCCOCCN1CCC2NCCC2C1. The van der Waals surface area contributed by atoms with Crippen molar-refractivity contribution < 1.29 is 9.47 Å². The van der Waals surface area contributed by atoms with Gasteiger partial charge in [-0.3, -0.25) is 0 Å². The molecule has 1 N–H and O–H groups in total. The van der Waals surface area contributed by atoms with Crippen LogP contribution in [0.1, 0.15) is 12.8 Å². The van der Waals surface area contributed by atoms with Crippen LogP contribution in [0.4, 0.5) is 0 Å². The van der Waals surface area contributed by atoms with Gasteiger partial charge in [0.2, 0.25) is 0 Å². The molecule has 2 unspecified atom stereocenters. The molecule has 2 aliphatic heterocycles. The molecule has 0 spiro atoms. The first-order valence-corrected chi connectivity index (χ1v) is 6.42. The second-order valence-corrected chi connectivity index (χ2v) is 4.80. The number of rotatable bonds is 6. The summed E-state index contributed by atoms with van der Waals surface area (Å²) in [7, 11) is 1.71. The van der Waals surface area contributed by atoms with Crippen molar-refractivity contribution >= 4 is 0 Å². The van der Waals surface area contributed by atoms with Crippen LogP contribution in [0.25, 0.3) is 0 Å². The standard InChI is InChI=1S/C12H24N2O2/c1-15-8-9-16-7-6-14-5-3-12-11(10-14)2-4-13-12/h11-13H,2-10H2,1H3. The van der Waals surface area contributed by atoms with Crippen molar-refractivity contribution in [2.24, 2.45) is 5.92 Å². The number of nitrogens with zero attached hydrogens (tertiary/aromatic N) is 1. The molecule has 2 fully saturated rings. The Morgan fingerprint density at radius 3 is 3.06 bits per heavy atom. The first kappa shape index (κ1) is 12.3. The van der Waals surface area contributed by atoms with Crippen molar-refractivity contribution in [2.75, 3.05) is 53.1 Å². The normalized spacial score (nSPS) is 30.6. The molecule has 0 saturated carbocycles. The van der Waals surface area contributed by atoms with E-state index >= 15 is 0 Å². The monoisotopic (exact) mass is 228 g/mol. The van der Waals surface area contributed by atoms with Gasteiger partial charge in [-0.2, -0.15) is 0 Å². The molecule has 2 rings (SSSR count). The Morgan fingerprint density at radius 2 is 2.19 bits per heavy atom. The zero-order valence-corrected chi connectivity index (χ0v) is 10.3. The Labute approximate surface area is 98.3 Å². The lowest BCUT2D eigenvalue weighted by atomic mass is 9.93. The second-order valence-electron chi connectivity index (χ2n) is 4.80. The van der Waals surface area contributed by atoms with Crippen LogP contribution in [-0.4, -0.2) is 64.1 Å². The lowest BCUT2D eigenvalue weighted by Crippen LogP contribution is -2.45. The maximum Gasteiger partial charge on any atom is 0.0700 e. The molecule has 2 atom stereocenters. The highest BCUT2D eigenvalue weighted by Gasteiger charge is 2.32. The maximum absolute atomic E-state index is 5.51. The van der Waals surface area contributed by atoms with Gasteiger partial charge in [-0.25, -0.2) is 0 Å². The van der Waals surface area contributed by atoms with Crippen molar-refractivity contribution in [1.29, 1.82) is 0 Å². The number of piperidine rings is 1. The Balaban J connectivity index is 1.56. The molecule has 0 aromatic rings. The van der Waals surface area contributed by atoms with E-state index in [0.29, 0.717) is 6.61 Å². The first-order valence-electron chi connectivity index (χ1n) is 6.42. The third-order valence-electron chi connectivity index (χ3n) is 3.72. The minimum Gasteiger partial charge on any atom is -0.382 e. The van der Waals surface area contributed by atoms with Gasteiger partial charge in [-0.15, -0.1) is 0 Å². The summed E-state index contributed by atoms with van der Waals surface area (Å²) in [5.41, 5.74) is 0. The number of fused-ring (bicyclic) bond motifs is 1. The van der Waals surface area contributed by atoms with Crippen LogP contribution in [0.2, 0.25) is 0 Å². The molecule has 0 aromatic carbocycles. The summed E-state index contributed by atoms with van der Waals surface area (Å²) in [4.78, 5) is 2.54. The van der Waals surface area contributed by atoms with Crippen molar-refractivity contribution in [3.05, 3.63) is 0 Å². The fraction of sp³-hybridized carbons (Fsp3) is 1.00. The van der Waals surface area contributed by atoms with Crippen LogP contribution in [0.5, 0.6) is 0 Å². The molecule has 2 saturated heterocycles. The fourth-order valence-electron chi connectivity index (χ4n) is 2.76. The molecule has 16 heavy (non-hydrogen) atoms. The Hall–Kier alpha value is -0.160. The van der Waals surface area contributed by atoms with Crippen LogP contribution < -0.4 is 5.32 Å². The maximum atomic E-state index is 5.51. The van der Waals surface area contributed by atoms with E-state index in [9.17, 15) is 0 Å². The third kappa shape index (κ3) is 3.42. The second kappa shape index (κ2) is 6.55. The average molecular weight is 228 g/mol. The van der Waals surface area contributed by atoms with Crippen molar-refractivity contribution in [3.8, 4) is 0 Å². The topological polar surface area (TPSA) is 33.7 Å². The smallest absolute Gasteiger partial charge is 0.0700 e. The van der Waals surface area contributed by atoms with Crippen molar-refractivity contribution in [1.82, 2.24) is 10.2 Å². The lowest BCUT2D eigenvalue weighted by Gasteiger charge is -2.34. The van der Waals surface area contributed by atoms with E-state index in [-0.39, 0.29) is 0 Å². The van der Waals surface area contributed by atoms with Gasteiger partial charge >= 0.3 is 0 Å². The highest BCUT2D eigenvalue weighted by Crippen LogP contribution is 2.24. The highest BCUT2D eigenvalue weighted by atomic mass is 16.5. The van der Waals surface area contributed by atoms with Crippen LogP contribution in [0, 0.1) is 5.92 Å². The van der Waals surface area contributed by atoms with Gasteiger partial charge in [0.25, 0.3) is 0 Å². The molecular formula is C12H24N2O2. The van der Waals surface area contributed by atoms with Gasteiger partial charge in [0, 0.05) is 26.2 Å². The molecule has 4 nitrogen and oxygen atoms in total. The molecule has 94 valence electrons. The number of hydrogen-bond acceptors (Lipinski definition) is 4. The zero-order valence-electron chi connectivity index (χ0n) is 10.3. The van der Waals surface area contributed by atoms with Gasteiger partial charge in [-0.05, 0) is 31.8 Å². The minimum atomic E-state index is 0.703. The Morgan fingerprint density at radius 1 is 1.25 bits per heavy atom. The van der Waals surface area contributed by atoms with E-state index in [1.165, 1.54) is 32.5 Å². The van der Waals surface area contributed by atoms with Crippen LogP contribution in [-0.2, 0) is 9.47 Å². The first-order chi connectivity index (χ1) is 7.90. The average Bonchev–Trinajstić information content (AvgIpc) is 2.76. The third-order valence-corrected chi connectivity index (χ3v) is 3.72. The molecular weight excluding hydrogens is 204 g/mol. The number of likely N-dealkylation sites (tertiary alicyclic amines) is 1. The van der Waals surface area contributed by atoms with Gasteiger partial charge < -0.3 is 19.7 Å². The van der Waals surface area contributed by atoms with E-state index in [2.05, 4.69) is 10.2 Å². The highest BCUT2D eigenvalue weighted by molar-refractivity contribution is 4.90. The number of methoxy groups -OCH3 is 1.